The number of nitrogens with one attached hydrogen (secondary N) is 3. The van der Waals surface area contributed by atoms with Crippen molar-refractivity contribution in [2.24, 2.45) is 11.7 Å². The van der Waals surface area contributed by atoms with Gasteiger partial charge in [-0.3, -0.25) is 19.2 Å². The molecule has 13 heteroatoms. The molecule has 13 nitrogen and oxygen atoms in total. The van der Waals surface area contributed by atoms with Gasteiger partial charge in [0.15, 0.2) is 5.60 Å². The Balaban J connectivity index is 1.28. The van der Waals surface area contributed by atoms with Gasteiger partial charge in [0.25, 0.3) is 5.56 Å². The molecule has 3 amide bonds. The van der Waals surface area contributed by atoms with Crippen molar-refractivity contribution in [2.75, 3.05) is 11.9 Å². The highest BCUT2D eigenvalue weighted by Crippen LogP contribution is 2.44. The number of pyridine rings is 2. The molecule has 0 saturated heterocycles. The van der Waals surface area contributed by atoms with Gasteiger partial charge in [0.1, 0.15) is 18.7 Å². The summed E-state index contributed by atoms with van der Waals surface area (Å²) < 4.78 is 6.80. The molecule has 3 aliphatic rings. The third-order valence-electron chi connectivity index (χ3n) is 9.35. The van der Waals surface area contributed by atoms with Crippen LogP contribution in [0.4, 0.5) is 5.69 Å². The molecule has 0 bridgehead atoms. The number of carbonyl (C=O) groups excluding carboxylic acids is 4. The Morgan fingerprint density at radius 1 is 1.07 bits per heavy atom. The summed E-state index contributed by atoms with van der Waals surface area (Å²) in [6, 6.07) is 3.60. The van der Waals surface area contributed by atoms with Gasteiger partial charge in [-0.15, -0.1) is 0 Å². The second-order valence-corrected chi connectivity index (χ2v) is 12.6. The first-order chi connectivity index (χ1) is 21.9. The van der Waals surface area contributed by atoms with Crippen molar-refractivity contribution in [3.05, 3.63) is 56.4 Å². The second kappa shape index (κ2) is 11.6. The number of aryl methyl sites for hydroxylation is 2. The predicted molar refractivity (Wildman–Crippen MR) is 169 cm³/mol. The number of aromatic nitrogens is 2. The van der Waals surface area contributed by atoms with E-state index in [2.05, 4.69) is 16.0 Å². The zero-order valence-electron chi connectivity index (χ0n) is 26.3. The molecule has 6 N–H and O–H groups in total. The van der Waals surface area contributed by atoms with Crippen LogP contribution in [-0.4, -0.2) is 57.0 Å². The minimum absolute atomic E-state index is 0.0643. The van der Waals surface area contributed by atoms with Gasteiger partial charge in [0, 0.05) is 35.2 Å². The molecule has 0 spiro atoms. The summed E-state index contributed by atoms with van der Waals surface area (Å²) >= 11 is 0. The molecule has 2 aromatic heterocycles. The smallest absolute Gasteiger partial charge is 0.343 e. The summed E-state index contributed by atoms with van der Waals surface area (Å²) in [6.07, 6.45) is 1.48. The number of amides is 3. The summed E-state index contributed by atoms with van der Waals surface area (Å²) in [4.78, 5) is 69.3. The summed E-state index contributed by atoms with van der Waals surface area (Å²) in [6.45, 7) is 7.13. The quantitative estimate of drug-likeness (QED) is 0.168. The van der Waals surface area contributed by atoms with Crippen LogP contribution < -0.4 is 27.2 Å². The highest BCUT2D eigenvalue weighted by atomic mass is 16.6. The van der Waals surface area contributed by atoms with E-state index in [0.29, 0.717) is 42.0 Å². The van der Waals surface area contributed by atoms with Gasteiger partial charge in [-0.25, -0.2) is 9.78 Å². The molecule has 0 unspecified atom stereocenters. The van der Waals surface area contributed by atoms with Crippen molar-refractivity contribution in [1.29, 1.82) is 0 Å². The molecule has 2 aliphatic heterocycles. The van der Waals surface area contributed by atoms with Gasteiger partial charge in [-0.2, -0.15) is 0 Å². The fourth-order valence-corrected chi connectivity index (χ4v) is 6.76. The predicted octanol–water partition coefficient (Wildman–Crippen LogP) is 1.11. The molecule has 0 saturated carbocycles. The van der Waals surface area contributed by atoms with Crippen LogP contribution in [-0.2, 0) is 55.5 Å². The number of esters is 1. The summed E-state index contributed by atoms with van der Waals surface area (Å²) in [5.74, 6) is -2.17. The van der Waals surface area contributed by atoms with Crippen molar-refractivity contribution < 1.29 is 29.0 Å². The molecule has 0 radical (unpaired) electrons. The average molecular weight is 631 g/mol. The van der Waals surface area contributed by atoms with Crippen LogP contribution in [0.3, 0.4) is 0 Å². The second-order valence-electron chi connectivity index (χ2n) is 12.6. The van der Waals surface area contributed by atoms with E-state index in [9.17, 15) is 29.1 Å². The number of cyclic esters (lactones) is 1. The van der Waals surface area contributed by atoms with Crippen molar-refractivity contribution in [2.45, 2.75) is 84.2 Å². The Hall–Kier alpha value is -4.62. The molecular weight excluding hydrogens is 592 g/mol. The molecule has 46 heavy (non-hydrogen) atoms. The summed E-state index contributed by atoms with van der Waals surface area (Å²) in [7, 11) is 0. The Labute approximate surface area is 264 Å². The summed E-state index contributed by atoms with van der Waals surface area (Å²) in [5, 5.41) is 20.4. The van der Waals surface area contributed by atoms with Gasteiger partial charge >= 0.3 is 5.97 Å². The number of rotatable bonds is 9. The van der Waals surface area contributed by atoms with Gasteiger partial charge < -0.3 is 36.1 Å². The van der Waals surface area contributed by atoms with Crippen LogP contribution in [0.25, 0.3) is 22.3 Å². The van der Waals surface area contributed by atoms with E-state index >= 15 is 0 Å². The minimum Gasteiger partial charge on any atom is -0.458 e. The number of benzene rings is 1. The normalized spacial score (nSPS) is 18.8. The van der Waals surface area contributed by atoms with Crippen molar-refractivity contribution in [3.8, 4) is 11.4 Å². The zero-order valence-corrected chi connectivity index (χ0v) is 26.3. The number of fused-ring (bicyclic) bond motifs is 5. The molecule has 4 heterocycles. The largest absolute Gasteiger partial charge is 0.458 e. The highest BCUT2D eigenvalue weighted by molar-refractivity contribution is 6.03. The maximum Gasteiger partial charge on any atom is 0.343 e. The third kappa shape index (κ3) is 4.94. The van der Waals surface area contributed by atoms with Gasteiger partial charge in [-0.05, 0) is 61.4 Å². The maximum absolute atomic E-state index is 13.6. The first-order valence-electron chi connectivity index (χ1n) is 15.6. The fourth-order valence-electron chi connectivity index (χ4n) is 6.76. The molecule has 242 valence electrons. The van der Waals surface area contributed by atoms with Crippen LogP contribution in [0.15, 0.2) is 23.0 Å². The molecule has 1 aromatic carbocycles. The molecule has 3 atom stereocenters. The van der Waals surface area contributed by atoms with Gasteiger partial charge in [0.05, 0.1) is 29.0 Å². The SMILES string of the molecule is CC[C@@]1(O)C(=O)OCc2c1cc1n(c2=O)Cc2c-1nc1ccc(NC(=O)[C@H](C)NC(=O)[C@@H](NC(=O)CCN)C(C)C)c3c1c2CC3. The standard InChI is InChI=1S/C33H38N6O7/c1-5-33(45)21-12-24-28-19(13-39(24)31(43)20(21)14-46-32(33)44)17-6-7-18-22(8-9-23(36-28)26(17)18)37-29(41)16(4)35-30(42)27(15(2)3)38-25(40)10-11-34/h8-9,12,15-16,27,45H,5-7,10-11,13-14,34H2,1-4H3,(H,35,42)(H,37,41)(H,38,40)/t16-,27-,33-/m0/s1. The van der Waals surface area contributed by atoms with E-state index in [1.54, 1.807) is 44.4 Å². The number of nitrogens with zero attached hydrogens (tertiary/aromatic N) is 2. The van der Waals surface area contributed by atoms with E-state index in [4.69, 9.17) is 15.5 Å². The van der Waals surface area contributed by atoms with Crippen LogP contribution in [0.1, 0.15) is 68.4 Å². The average Bonchev–Trinajstić information content (AvgIpc) is 3.63. The van der Waals surface area contributed by atoms with Crippen molar-refractivity contribution in [3.63, 3.8) is 0 Å². The first-order valence-corrected chi connectivity index (χ1v) is 15.6. The number of hydrogen-bond acceptors (Lipinski definition) is 9. The van der Waals surface area contributed by atoms with Gasteiger partial charge in [-0.1, -0.05) is 20.8 Å². The maximum atomic E-state index is 13.6. The number of ether oxygens (including phenoxy) is 1. The fraction of sp³-hybridized carbons (Fsp3) is 0.455. The molecular formula is C33H38N6O7. The highest BCUT2D eigenvalue weighted by Gasteiger charge is 2.45. The Bertz CT molecular complexity index is 1880. The van der Waals surface area contributed by atoms with E-state index in [1.165, 1.54) is 0 Å². The van der Waals surface area contributed by atoms with Crippen LogP contribution in [0, 0.1) is 5.92 Å². The van der Waals surface area contributed by atoms with E-state index in [1.807, 2.05) is 6.07 Å². The zero-order chi connectivity index (χ0) is 33.1. The Morgan fingerprint density at radius 2 is 1.80 bits per heavy atom. The Kier molecular flexibility index (Phi) is 7.93. The number of hydrogen-bond donors (Lipinski definition) is 5. The third-order valence-corrected chi connectivity index (χ3v) is 9.35. The monoisotopic (exact) mass is 630 g/mol. The first kappa shape index (κ1) is 31.4. The molecule has 3 aromatic rings. The lowest BCUT2D eigenvalue weighted by Crippen LogP contribution is -2.53. The van der Waals surface area contributed by atoms with Crippen LogP contribution >= 0.6 is 0 Å². The topological polar surface area (TPSA) is 195 Å². The molecule has 0 fully saturated rings. The lowest BCUT2D eigenvalue weighted by atomic mass is 9.86. The Morgan fingerprint density at radius 3 is 2.50 bits per heavy atom. The lowest BCUT2D eigenvalue weighted by molar-refractivity contribution is -0.172. The number of nitrogens with two attached hydrogens (primary N) is 1. The summed E-state index contributed by atoms with van der Waals surface area (Å²) in [5.41, 5.74) is 9.15. The van der Waals surface area contributed by atoms with E-state index in [-0.39, 0.29) is 54.5 Å². The molecule has 6 rings (SSSR count). The lowest BCUT2D eigenvalue weighted by Gasteiger charge is -2.31. The van der Waals surface area contributed by atoms with Crippen molar-refractivity contribution in [1.82, 2.24) is 20.2 Å². The number of carbonyl (C=O) groups is 4. The number of aliphatic hydroxyl groups is 1. The number of anilines is 1. The molecule has 1 aliphatic carbocycles. The minimum atomic E-state index is -1.90. The van der Waals surface area contributed by atoms with Crippen molar-refractivity contribution >= 4 is 40.3 Å². The van der Waals surface area contributed by atoms with E-state index < -0.39 is 35.5 Å². The van der Waals surface area contributed by atoms with E-state index in [0.717, 1.165) is 22.1 Å². The van der Waals surface area contributed by atoms with Crippen LogP contribution in [0.5, 0.6) is 0 Å². The van der Waals surface area contributed by atoms with Crippen LogP contribution in [0.2, 0.25) is 0 Å². The van der Waals surface area contributed by atoms with Gasteiger partial charge in [0.2, 0.25) is 17.7 Å².